The highest BCUT2D eigenvalue weighted by Crippen LogP contribution is 2.29. The van der Waals surface area contributed by atoms with Crippen molar-refractivity contribution in [1.29, 1.82) is 0 Å². The number of fused-ring (bicyclic) bond motifs is 3. The van der Waals surface area contributed by atoms with Crippen LogP contribution in [-0.2, 0) is 27.8 Å². The van der Waals surface area contributed by atoms with Crippen LogP contribution in [0.1, 0.15) is 11.3 Å². The van der Waals surface area contributed by atoms with Gasteiger partial charge in [0.2, 0.25) is 5.91 Å². The van der Waals surface area contributed by atoms with E-state index in [1.54, 1.807) is 12.1 Å². The standard InChI is InChI=1S/C21H23ClN4O3S2/c22-19-5-6-21(30-19)31(28,29)26-11-9-24(10-12-26)14-20(27)25-8-7-18-16(13-25)15-3-1-2-4-17(15)23-18/h1-6,23H,7-14H2. The van der Waals surface area contributed by atoms with E-state index in [0.717, 1.165) is 23.3 Å². The fourth-order valence-corrected chi connectivity index (χ4v) is 7.42. The maximum absolute atomic E-state index is 13.0. The summed E-state index contributed by atoms with van der Waals surface area (Å²) >= 11 is 6.97. The summed E-state index contributed by atoms with van der Waals surface area (Å²) in [5, 5.41) is 1.18. The molecule has 0 spiro atoms. The maximum atomic E-state index is 13.0. The number of benzene rings is 1. The van der Waals surface area contributed by atoms with Gasteiger partial charge in [0.25, 0.3) is 10.0 Å². The number of carbonyl (C=O) groups excluding carboxylic acids is 1. The van der Waals surface area contributed by atoms with Gasteiger partial charge in [0.1, 0.15) is 4.21 Å². The third-order valence-electron chi connectivity index (χ3n) is 6.07. The van der Waals surface area contributed by atoms with Crippen LogP contribution in [0, 0.1) is 0 Å². The number of aromatic amines is 1. The minimum atomic E-state index is -3.52. The topological polar surface area (TPSA) is 76.7 Å². The molecule has 31 heavy (non-hydrogen) atoms. The SMILES string of the molecule is O=C(CN1CCN(S(=O)(=O)c2ccc(Cl)s2)CC1)N1CCc2[nH]c3ccccc3c2C1. The van der Waals surface area contributed by atoms with Crippen molar-refractivity contribution in [2.45, 2.75) is 17.2 Å². The van der Waals surface area contributed by atoms with Gasteiger partial charge in [0.15, 0.2) is 0 Å². The molecule has 0 unspecified atom stereocenters. The summed E-state index contributed by atoms with van der Waals surface area (Å²) in [7, 11) is -3.52. The fraction of sp³-hybridized carbons (Fsp3) is 0.381. The lowest BCUT2D eigenvalue weighted by atomic mass is 10.0. The van der Waals surface area contributed by atoms with E-state index >= 15 is 0 Å². The Bertz CT molecular complexity index is 1230. The average molecular weight is 479 g/mol. The van der Waals surface area contributed by atoms with Crippen molar-refractivity contribution in [3.63, 3.8) is 0 Å². The fourth-order valence-electron chi connectivity index (χ4n) is 4.36. The Kier molecular flexibility index (Phi) is 5.56. The molecule has 10 heteroatoms. The van der Waals surface area contributed by atoms with Crippen LogP contribution in [0.3, 0.4) is 0 Å². The average Bonchev–Trinajstić information content (AvgIpc) is 3.37. The second-order valence-electron chi connectivity index (χ2n) is 7.93. The predicted molar refractivity (Wildman–Crippen MR) is 122 cm³/mol. The van der Waals surface area contributed by atoms with Gasteiger partial charge >= 0.3 is 0 Å². The van der Waals surface area contributed by atoms with Crippen molar-refractivity contribution in [1.82, 2.24) is 19.1 Å². The van der Waals surface area contributed by atoms with E-state index in [9.17, 15) is 13.2 Å². The molecule has 0 aliphatic carbocycles. The number of thiophene rings is 1. The first-order valence-electron chi connectivity index (χ1n) is 10.3. The van der Waals surface area contributed by atoms with E-state index in [2.05, 4.69) is 17.1 Å². The Labute approximate surface area is 190 Å². The van der Waals surface area contributed by atoms with Crippen molar-refractivity contribution >= 4 is 49.8 Å². The summed E-state index contributed by atoms with van der Waals surface area (Å²) in [5.74, 6) is 0.0947. The zero-order valence-electron chi connectivity index (χ0n) is 16.9. The van der Waals surface area contributed by atoms with Crippen LogP contribution in [0.2, 0.25) is 4.34 Å². The Balaban J connectivity index is 1.20. The molecule has 1 saturated heterocycles. The molecule has 2 aromatic heterocycles. The lowest BCUT2D eigenvalue weighted by molar-refractivity contribution is -0.133. The van der Waals surface area contributed by atoms with Crippen molar-refractivity contribution in [3.05, 3.63) is 52.0 Å². The summed E-state index contributed by atoms with van der Waals surface area (Å²) in [5.41, 5.74) is 3.55. The van der Waals surface area contributed by atoms with Crippen molar-refractivity contribution < 1.29 is 13.2 Å². The van der Waals surface area contributed by atoms with Gasteiger partial charge < -0.3 is 9.88 Å². The number of carbonyl (C=O) groups is 1. The summed E-state index contributed by atoms with van der Waals surface area (Å²) in [4.78, 5) is 20.4. The molecule has 1 amide bonds. The van der Waals surface area contributed by atoms with Crippen LogP contribution < -0.4 is 0 Å². The molecule has 1 N–H and O–H groups in total. The van der Waals surface area contributed by atoms with Crippen molar-refractivity contribution in [2.75, 3.05) is 39.3 Å². The number of nitrogens with one attached hydrogen (secondary N) is 1. The van der Waals surface area contributed by atoms with Crippen LogP contribution in [0.15, 0.2) is 40.6 Å². The highest BCUT2D eigenvalue weighted by Gasteiger charge is 2.31. The molecule has 0 bridgehead atoms. The number of H-pyrrole nitrogens is 1. The van der Waals surface area contributed by atoms with E-state index in [0.29, 0.717) is 50.1 Å². The molecule has 0 saturated carbocycles. The number of nitrogens with zero attached hydrogens (tertiary/aromatic N) is 3. The second kappa shape index (κ2) is 8.22. The van der Waals surface area contributed by atoms with E-state index in [1.807, 2.05) is 21.9 Å². The van der Waals surface area contributed by atoms with Gasteiger partial charge in [-0.3, -0.25) is 9.69 Å². The van der Waals surface area contributed by atoms with Gasteiger partial charge in [-0.2, -0.15) is 4.31 Å². The highest BCUT2D eigenvalue weighted by molar-refractivity contribution is 7.91. The van der Waals surface area contributed by atoms with Gasteiger partial charge in [-0.05, 0) is 18.2 Å². The Morgan fingerprint density at radius 1 is 1.06 bits per heavy atom. The summed E-state index contributed by atoms with van der Waals surface area (Å²) in [6, 6.07) is 11.4. The van der Waals surface area contributed by atoms with Gasteiger partial charge in [0, 0.05) is 67.8 Å². The van der Waals surface area contributed by atoms with Gasteiger partial charge in [-0.1, -0.05) is 29.8 Å². The zero-order chi connectivity index (χ0) is 21.6. The molecule has 1 fully saturated rings. The number of sulfonamides is 1. The monoisotopic (exact) mass is 478 g/mol. The molecular formula is C21H23ClN4O3S2. The first-order valence-corrected chi connectivity index (χ1v) is 12.9. The third-order valence-corrected chi connectivity index (χ3v) is 9.67. The number of amides is 1. The molecular weight excluding hydrogens is 456 g/mol. The first kappa shape index (κ1) is 21.0. The number of halogens is 1. The van der Waals surface area contributed by atoms with Crippen molar-refractivity contribution in [3.8, 4) is 0 Å². The Morgan fingerprint density at radius 2 is 1.84 bits per heavy atom. The molecule has 0 radical (unpaired) electrons. The van der Waals surface area contributed by atoms with Gasteiger partial charge in [-0.15, -0.1) is 11.3 Å². The van der Waals surface area contributed by atoms with E-state index in [4.69, 9.17) is 11.6 Å². The summed E-state index contributed by atoms with van der Waals surface area (Å²) < 4.78 is 27.7. The number of piperazine rings is 1. The second-order valence-corrected chi connectivity index (χ2v) is 11.8. The molecule has 164 valence electrons. The Hall–Kier alpha value is -1.91. The highest BCUT2D eigenvalue weighted by atomic mass is 35.5. The van der Waals surface area contributed by atoms with Crippen LogP contribution >= 0.6 is 22.9 Å². The largest absolute Gasteiger partial charge is 0.358 e. The minimum Gasteiger partial charge on any atom is -0.358 e. The predicted octanol–water partition coefficient (Wildman–Crippen LogP) is 2.77. The molecule has 7 nitrogen and oxygen atoms in total. The van der Waals surface area contributed by atoms with E-state index in [-0.39, 0.29) is 10.1 Å². The summed E-state index contributed by atoms with van der Waals surface area (Å²) in [6.07, 6.45) is 0.825. The zero-order valence-corrected chi connectivity index (χ0v) is 19.3. The first-order chi connectivity index (χ1) is 14.9. The number of rotatable bonds is 4. The lowest BCUT2D eigenvalue weighted by Gasteiger charge is -2.35. The number of hydrogen-bond donors (Lipinski definition) is 1. The number of hydrogen-bond acceptors (Lipinski definition) is 5. The number of para-hydroxylation sites is 1. The molecule has 0 atom stereocenters. The molecule has 4 heterocycles. The van der Waals surface area contributed by atoms with Crippen LogP contribution in [-0.4, -0.2) is 72.7 Å². The van der Waals surface area contributed by atoms with Crippen LogP contribution in [0.4, 0.5) is 0 Å². The number of aromatic nitrogens is 1. The molecule has 2 aliphatic rings. The van der Waals surface area contributed by atoms with Gasteiger partial charge in [0.05, 0.1) is 10.9 Å². The maximum Gasteiger partial charge on any atom is 0.252 e. The third kappa shape index (κ3) is 4.01. The summed E-state index contributed by atoms with van der Waals surface area (Å²) in [6.45, 7) is 3.45. The minimum absolute atomic E-state index is 0.0947. The van der Waals surface area contributed by atoms with Crippen molar-refractivity contribution in [2.24, 2.45) is 0 Å². The van der Waals surface area contributed by atoms with Crippen LogP contribution in [0.5, 0.6) is 0 Å². The molecule has 3 aromatic rings. The molecule has 5 rings (SSSR count). The van der Waals surface area contributed by atoms with E-state index < -0.39 is 10.0 Å². The Morgan fingerprint density at radius 3 is 2.58 bits per heavy atom. The quantitative estimate of drug-likeness (QED) is 0.625. The molecule has 1 aromatic carbocycles. The molecule has 2 aliphatic heterocycles. The normalized spacial score (nSPS) is 18.4. The van der Waals surface area contributed by atoms with Crippen LogP contribution in [0.25, 0.3) is 10.9 Å². The smallest absolute Gasteiger partial charge is 0.252 e. The van der Waals surface area contributed by atoms with Gasteiger partial charge in [-0.25, -0.2) is 8.42 Å². The lowest BCUT2D eigenvalue weighted by Crippen LogP contribution is -2.51. The van der Waals surface area contributed by atoms with E-state index in [1.165, 1.54) is 20.9 Å².